The second-order valence-electron chi connectivity index (χ2n) is 4.61. The van der Waals surface area contributed by atoms with Crippen molar-refractivity contribution in [2.45, 2.75) is 13.5 Å². The highest BCUT2D eigenvalue weighted by Crippen LogP contribution is 2.22. The van der Waals surface area contributed by atoms with E-state index in [4.69, 9.17) is 17.3 Å². The summed E-state index contributed by atoms with van der Waals surface area (Å²) < 4.78 is 27.1. The molecule has 2 aromatic carbocycles. The van der Waals surface area contributed by atoms with Gasteiger partial charge < -0.3 is 11.1 Å². The first-order chi connectivity index (χ1) is 9.88. The van der Waals surface area contributed by atoms with Gasteiger partial charge >= 0.3 is 0 Å². The van der Waals surface area contributed by atoms with Crippen molar-refractivity contribution in [2.24, 2.45) is 5.73 Å². The number of nitrogens with two attached hydrogens (primary N) is 1. The van der Waals surface area contributed by atoms with Crippen molar-refractivity contribution in [2.75, 3.05) is 5.32 Å². The van der Waals surface area contributed by atoms with Crippen LogP contribution in [0.1, 0.15) is 21.5 Å². The number of hydrogen-bond acceptors (Lipinski definition) is 2. The Kier molecular flexibility index (Phi) is 4.43. The molecular weight excluding hydrogens is 298 g/mol. The van der Waals surface area contributed by atoms with Crippen LogP contribution in [0.5, 0.6) is 0 Å². The van der Waals surface area contributed by atoms with Crippen molar-refractivity contribution in [1.82, 2.24) is 0 Å². The van der Waals surface area contributed by atoms with Crippen LogP contribution in [-0.4, -0.2) is 5.91 Å². The van der Waals surface area contributed by atoms with Crippen molar-refractivity contribution in [3.8, 4) is 0 Å². The van der Waals surface area contributed by atoms with Crippen LogP contribution in [0, 0.1) is 18.6 Å². The van der Waals surface area contributed by atoms with Gasteiger partial charge in [0.05, 0.1) is 5.69 Å². The molecule has 0 saturated carbocycles. The lowest BCUT2D eigenvalue weighted by Gasteiger charge is -2.11. The van der Waals surface area contributed by atoms with Gasteiger partial charge in [0.25, 0.3) is 0 Å². The summed E-state index contributed by atoms with van der Waals surface area (Å²) in [4.78, 5) is 11.0. The quantitative estimate of drug-likeness (QED) is 0.906. The first-order valence-corrected chi connectivity index (χ1v) is 6.54. The van der Waals surface area contributed by atoms with Crippen LogP contribution in [-0.2, 0) is 6.54 Å². The number of aryl methyl sites for hydroxylation is 1. The van der Waals surface area contributed by atoms with Gasteiger partial charge in [-0.25, -0.2) is 8.78 Å². The van der Waals surface area contributed by atoms with E-state index in [-0.39, 0.29) is 23.4 Å². The number of hydrogen-bond donors (Lipinski definition) is 2. The molecule has 6 heteroatoms. The number of benzene rings is 2. The summed E-state index contributed by atoms with van der Waals surface area (Å²) in [5.74, 6) is -1.61. The van der Waals surface area contributed by atoms with E-state index in [0.717, 1.165) is 12.1 Å². The molecule has 2 aromatic rings. The molecule has 0 aliphatic rings. The Labute approximate surface area is 125 Å². The van der Waals surface area contributed by atoms with Crippen LogP contribution in [0.15, 0.2) is 30.3 Å². The maximum absolute atomic E-state index is 13.7. The van der Waals surface area contributed by atoms with Crippen LogP contribution >= 0.6 is 11.6 Å². The molecule has 0 spiro atoms. The SMILES string of the molecule is Cc1cc(F)c(NCc2ccc(C(N)=O)cc2Cl)cc1F. The summed E-state index contributed by atoms with van der Waals surface area (Å²) in [5.41, 5.74) is 6.36. The van der Waals surface area contributed by atoms with Gasteiger partial charge in [0, 0.05) is 23.2 Å². The molecule has 2 rings (SSSR count). The van der Waals surface area contributed by atoms with Gasteiger partial charge in [-0.2, -0.15) is 0 Å². The molecule has 3 nitrogen and oxygen atoms in total. The van der Waals surface area contributed by atoms with Crippen molar-refractivity contribution in [3.63, 3.8) is 0 Å². The highest BCUT2D eigenvalue weighted by atomic mass is 35.5. The summed E-state index contributed by atoms with van der Waals surface area (Å²) in [5, 5.41) is 3.10. The zero-order chi connectivity index (χ0) is 15.6. The van der Waals surface area contributed by atoms with Gasteiger partial charge in [-0.3, -0.25) is 4.79 Å². The summed E-state index contributed by atoms with van der Waals surface area (Å²) >= 11 is 6.02. The Morgan fingerprint density at radius 2 is 1.95 bits per heavy atom. The van der Waals surface area contributed by atoms with E-state index in [2.05, 4.69) is 5.32 Å². The van der Waals surface area contributed by atoms with Gasteiger partial charge in [-0.05, 0) is 36.2 Å². The molecule has 0 radical (unpaired) electrons. The average molecular weight is 311 g/mol. The van der Waals surface area contributed by atoms with E-state index in [1.54, 1.807) is 6.07 Å². The lowest BCUT2D eigenvalue weighted by atomic mass is 10.1. The van der Waals surface area contributed by atoms with E-state index >= 15 is 0 Å². The summed E-state index contributed by atoms with van der Waals surface area (Å²) in [6, 6.07) is 6.79. The molecule has 0 aromatic heterocycles. The topological polar surface area (TPSA) is 55.1 Å². The molecule has 0 heterocycles. The van der Waals surface area contributed by atoms with Gasteiger partial charge in [-0.15, -0.1) is 0 Å². The van der Waals surface area contributed by atoms with Gasteiger partial charge in [-0.1, -0.05) is 17.7 Å². The molecule has 0 aliphatic carbocycles. The van der Waals surface area contributed by atoms with Gasteiger partial charge in [0.1, 0.15) is 11.6 Å². The lowest BCUT2D eigenvalue weighted by molar-refractivity contribution is 0.100. The molecule has 0 saturated heterocycles. The predicted molar refractivity (Wildman–Crippen MR) is 78.4 cm³/mol. The van der Waals surface area contributed by atoms with Crippen molar-refractivity contribution in [1.29, 1.82) is 0 Å². The summed E-state index contributed by atoms with van der Waals surface area (Å²) in [7, 11) is 0. The van der Waals surface area contributed by atoms with E-state index in [9.17, 15) is 13.6 Å². The molecule has 0 unspecified atom stereocenters. The Hall–Kier alpha value is -2.14. The highest BCUT2D eigenvalue weighted by molar-refractivity contribution is 6.31. The van der Waals surface area contributed by atoms with Crippen LogP contribution in [0.25, 0.3) is 0 Å². The first kappa shape index (κ1) is 15.3. The molecule has 21 heavy (non-hydrogen) atoms. The number of amides is 1. The number of carbonyl (C=O) groups is 1. The van der Waals surface area contributed by atoms with E-state index in [0.29, 0.717) is 10.6 Å². The number of carbonyl (C=O) groups excluding carboxylic acids is 1. The monoisotopic (exact) mass is 310 g/mol. The van der Waals surface area contributed by atoms with Crippen LogP contribution < -0.4 is 11.1 Å². The maximum atomic E-state index is 13.7. The largest absolute Gasteiger partial charge is 0.378 e. The predicted octanol–water partition coefficient (Wildman–Crippen LogP) is 3.64. The molecule has 0 bridgehead atoms. The first-order valence-electron chi connectivity index (χ1n) is 6.16. The average Bonchev–Trinajstić information content (AvgIpc) is 2.42. The second-order valence-corrected chi connectivity index (χ2v) is 5.01. The number of anilines is 1. The second kappa shape index (κ2) is 6.10. The van der Waals surface area contributed by atoms with E-state index in [1.807, 2.05) is 0 Å². The zero-order valence-electron chi connectivity index (χ0n) is 11.2. The fourth-order valence-electron chi connectivity index (χ4n) is 1.82. The highest BCUT2D eigenvalue weighted by Gasteiger charge is 2.09. The standard InChI is InChI=1S/C15H13ClF2N2O/c1-8-4-13(18)14(6-12(8)17)20-7-10-3-2-9(15(19)21)5-11(10)16/h2-6,20H,7H2,1H3,(H2,19,21). The van der Waals surface area contributed by atoms with Crippen molar-refractivity contribution >= 4 is 23.2 Å². The van der Waals surface area contributed by atoms with Gasteiger partial charge in [0.2, 0.25) is 5.91 Å². The molecular formula is C15H13ClF2N2O. The fourth-order valence-corrected chi connectivity index (χ4v) is 2.06. The summed E-state index contributed by atoms with van der Waals surface area (Å²) in [6.45, 7) is 1.68. The molecule has 1 amide bonds. The van der Waals surface area contributed by atoms with Crippen molar-refractivity contribution in [3.05, 3.63) is 63.7 Å². The van der Waals surface area contributed by atoms with Crippen LogP contribution in [0.2, 0.25) is 5.02 Å². The zero-order valence-corrected chi connectivity index (χ0v) is 12.0. The molecule has 0 atom stereocenters. The van der Waals surface area contributed by atoms with Crippen molar-refractivity contribution < 1.29 is 13.6 Å². The Bertz CT molecular complexity index is 704. The van der Waals surface area contributed by atoms with Crippen LogP contribution in [0.3, 0.4) is 0 Å². The van der Waals surface area contributed by atoms with E-state index in [1.165, 1.54) is 19.1 Å². The Morgan fingerprint density at radius 3 is 2.57 bits per heavy atom. The number of nitrogens with one attached hydrogen (secondary N) is 1. The third-order valence-corrected chi connectivity index (χ3v) is 3.41. The lowest BCUT2D eigenvalue weighted by Crippen LogP contribution is -2.11. The van der Waals surface area contributed by atoms with Crippen LogP contribution in [0.4, 0.5) is 14.5 Å². The third-order valence-electron chi connectivity index (χ3n) is 3.06. The number of halogens is 3. The molecule has 0 fully saturated rings. The minimum absolute atomic E-state index is 0.0492. The smallest absolute Gasteiger partial charge is 0.248 e. The normalized spacial score (nSPS) is 10.5. The Morgan fingerprint density at radius 1 is 1.24 bits per heavy atom. The third kappa shape index (κ3) is 3.49. The molecule has 110 valence electrons. The minimum atomic E-state index is -0.581. The molecule has 3 N–H and O–H groups in total. The minimum Gasteiger partial charge on any atom is -0.378 e. The maximum Gasteiger partial charge on any atom is 0.248 e. The molecule has 0 aliphatic heterocycles. The summed E-state index contributed by atoms with van der Waals surface area (Å²) in [6.07, 6.45) is 0. The Balaban J connectivity index is 2.17. The fraction of sp³-hybridized carbons (Fsp3) is 0.133. The number of primary amides is 1. The number of rotatable bonds is 4. The van der Waals surface area contributed by atoms with E-state index < -0.39 is 17.5 Å². The van der Waals surface area contributed by atoms with Gasteiger partial charge in [0.15, 0.2) is 0 Å².